The zero-order valence-electron chi connectivity index (χ0n) is 8.99. The van der Waals surface area contributed by atoms with Crippen LogP contribution in [0.1, 0.15) is 5.56 Å². The van der Waals surface area contributed by atoms with E-state index in [9.17, 15) is 0 Å². The first-order valence-electron chi connectivity index (χ1n) is 5.08. The summed E-state index contributed by atoms with van der Waals surface area (Å²) in [7, 11) is 0. The van der Waals surface area contributed by atoms with Gasteiger partial charge in [-0.05, 0) is 34.1 Å². The molecule has 17 heavy (non-hydrogen) atoms. The first-order valence-corrected chi connectivity index (χ1v) is 6.25. The molecule has 0 aliphatic carbocycles. The van der Waals surface area contributed by atoms with Gasteiger partial charge in [-0.3, -0.25) is 0 Å². The second kappa shape index (κ2) is 5.43. The van der Waals surface area contributed by atoms with Gasteiger partial charge in [0, 0.05) is 22.3 Å². The van der Waals surface area contributed by atoms with Gasteiger partial charge in [0.25, 0.3) is 0 Å². The SMILES string of the molecule is Nc1ccc(Br)c(OCc2ccccc2Cl)c1. The zero-order valence-corrected chi connectivity index (χ0v) is 11.3. The van der Waals surface area contributed by atoms with Gasteiger partial charge in [0.05, 0.1) is 4.47 Å². The summed E-state index contributed by atoms with van der Waals surface area (Å²) in [4.78, 5) is 0. The molecule has 2 nitrogen and oxygen atoms in total. The van der Waals surface area contributed by atoms with Crippen LogP contribution in [-0.4, -0.2) is 0 Å². The molecule has 0 fully saturated rings. The van der Waals surface area contributed by atoms with Crippen LogP contribution < -0.4 is 10.5 Å². The Morgan fingerprint density at radius 1 is 1.18 bits per heavy atom. The van der Waals surface area contributed by atoms with E-state index in [0.29, 0.717) is 23.1 Å². The van der Waals surface area contributed by atoms with Crippen molar-refractivity contribution in [3.05, 3.63) is 57.5 Å². The minimum absolute atomic E-state index is 0.418. The van der Waals surface area contributed by atoms with E-state index >= 15 is 0 Å². The molecule has 2 N–H and O–H groups in total. The molecule has 0 aliphatic rings. The summed E-state index contributed by atoms with van der Waals surface area (Å²) in [6.45, 7) is 0.418. The number of rotatable bonds is 3. The lowest BCUT2D eigenvalue weighted by Gasteiger charge is -2.09. The summed E-state index contributed by atoms with van der Waals surface area (Å²) in [5, 5.41) is 0.701. The van der Waals surface area contributed by atoms with Crippen LogP contribution in [0.4, 0.5) is 5.69 Å². The number of anilines is 1. The minimum Gasteiger partial charge on any atom is -0.488 e. The van der Waals surface area contributed by atoms with Gasteiger partial charge in [0.1, 0.15) is 12.4 Å². The molecule has 2 aromatic carbocycles. The molecule has 2 rings (SSSR count). The fourth-order valence-electron chi connectivity index (χ4n) is 1.40. The highest BCUT2D eigenvalue weighted by Crippen LogP contribution is 2.28. The number of hydrogen-bond acceptors (Lipinski definition) is 2. The first kappa shape index (κ1) is 12.3. The Morgan fingerprint density at radius 3 is 2.71 bits per heavy atom. The molecule has 0 spiro atoms. The molecule has 0 amide bonds. The number of halogens is 2. The van der Waals surface area contributed by atoms with Crippen LogP contribution in [0, 0.1) is 0 Å². The molecule has 0 bridgehead atoms. The molecule has 2 aromatic rings. The molecule has 0 radical (unpaired) electrons. The number of nitrogens with two attached hydrogens (primary N) is 1. The van der Waals surface area contributed by atoms with Crippen LogP contribution in [0.3, 0.4) is 0 Å². The molecule has 0 heterocycles. The van der Waals surface area contributed by atoms with Crippen LogP contribution in [0.5, 0.6) is 5.75 Å². The maximum absolute atomic E-state index is 6.05. The number of hydrogen-bond donors (Lipinski definition) is 1. The van der Waals surface area contributed by atoms with Crippen molar-refractivity contribution in [3.63, 3.8) is 0 Å². The van der Waals surface area contributed by atoms with E-state index in [0.717, 1.165) is 10.0 Å². The third-order valence-electron chi connectivity index (χ3n) is 2.30. The summed E-state index contributed by atoms with van der Waals surface area (Å²) < 4.78 is 6.55. The second-order valence-electron chi connectivity index (χ2n) is 3.57. The Balaban J connectivity index is 2.12. The predicted molar refractivity (Wildman–Crippen MR) is 74.3 cm³/mol. The molecule has 0 aliphatic heterocycles. The molecule has 4 heteroatoms. The summed E-state index contributed by atoms with van der Waals surface area (Å²) >= 11 is 9.45. The van der Waals surface area contributed by atoms with Gasteiger partial charge in [0.15, 0.2) is 0 Å². The normalized spacial score (nSPS) is 10.2. The van der Waals surface area contributed by atoms with Crippen molar-refractivity contribution in [1.29, 1.82) is 0 Å². The molecule has 0 saturated heterocycles. The molecule has 0 atom stereocenters. The Morgan fingerprint density at radius 2 is 1.94 bits per heavy atom. The van der Waals surface area contributed by atoms with Crippen molar-refractivity contribution in [1.82, 2.24) is 0 Å². The fourth-order valence-corrected chi connectivity index (χ4v) is 1.95. The van der Waals surface area contributed by atoms with Gasteiger partial charge in [-0.25, -0.2) is 0 Å². The smallest absolute Gasteiger partial charge is 0.136 e. The van der Waals surface area contributed by atoms with Crippen LogP contribution >= 0.6 is 27.5 Å². The Labute approximate surface area is 113 Å². The van der Waals surface area contributed by atoms with Gasteiger partial charge < -0.3 is 10.5 Å². The number of ether oxygens (including phenoxy) is 1. The van der Waals surface area contributed by atoms with E-state index in [1.54, 1.807) is 6.07 Å². The Hall–Kier alpha value is -1.19. The van der Waals surface area contributed by atoms with E-state index in [-0.39, 0.29) is 0 Å². The van der Waals surface area contributed by atoms with Crippen LogP contribution in [0.15, 0.2) is 46.9 Å². The van der Waals surface area contributed by atoms with Crippen molar-refractivity contribution in [2.45, 2.75) is 6.61 Å². The quantitative estimate of drug-likeness (QED) is 0.859. The maximum Gasteiger partial charge on any atom is 0.136 e. The number of nitrogen functional groups attached to an aromatic ring is 1. The molecule has 0 unspecified atom stereocenters. The van der Waals surface area contributed by atoms with Gasteiger partial charge in [0.2, 0.25) is 0 Å². The lowest BCUT2D eigenvalue weighted by molar-refractivity contribution is 0.304. The highest BCUT2D eigenvalue weighted by atomic mass is 79.9. The third kappa shape index (κ3) is 3.14. The topological polar surface area (TPSA) is 35.2 Å². The maximum atomic E-state index is 6.05. The van der Waals surface area contributed by atoms with Crippen molar-refractivity contribution in [2.24, 2.45) is 0 Å². The van der Waals surface area contributed by atoms with Gasteiger partial charge in [-0.2, -0.15) is 0 Å². The summed E-state index contributed by atoms with van der Waals surface area (Å²) in [5.41, 5.74) is 7.32. The van der Waals surface area contributed by atoms with E-state index in [4.69, 9.17) is 22.1 Å². The zero-order chi connectivity index (χ0) is 12.3. The fraction of sp³-hybridized carbons (Fsp3) is 0.0769. The molecular weight excluding hydrogens is 302 g/mol. The lowest BCUT2D eigenvalue weighted by Crippen LogP contribution is -1.97. The van der Waals surface area contributed by atoms with Crippen molar-refractivity contribution in [2.75, 3.05) is 5.73 Å². The van der Waals surface area contributed by atoms with Crippen LogP contribution in [-0.2, 0) is 6.61 Å². The van der Waals surface area contributed by atoms with Gasteiger partial charge in [-0.1, -0.05) is 29.8 Å². The number of benzene rings is 2. The highest BCUT2D eigenvalue weighted by molar-refractivity contribution is 9.10. The van der Waals surface area contributed by atoms with Crippen molar-refractivity contribution < 1.29 is 4.74 Å². The Kier molecular flexibility index (Phi) is 3.92. The van der Waals surface area contributed by atoms with E-state index < -0.39 is 0 Å². The summed E-state index contributed by atoms with van der Waals surface area (Å²) in [6.07, 6.45) is 0. The van der Waals surface area contributed by atoms with E-state index in [1.807, 2.05) is 36.4 Å². The van der Waals surface area contributed by atoms with Crippen molar-refractivity contribution >= 4 is 33.2 Å². The van der Waals surface area contributed by atoms with Crippen molar-refractivity contribution in [3.8, 4) is 5.75 Å². The van der Waals surface area contributed by atoms with Crippen LogP contribution in [0.2, 0.25) is 5.02 Å². The highest BCUT2D eigenvalue weighted by Gasteiger charge is 2.04. The summed E-state index contributed by atoms with van der Waals surface area (Å²) in [5.74, 6) is 0.713. The standard InChI is InChI=1S/C13H11BrClNO/c14-11-6-5-10(16)7-13(11)17-8-9-3-1-2-4-12(9)15/h1-7H,8,16H2. The largest absolute Gasteiger partial charge is 0.488 e. The average molecular weight is 313 g/mol. The van der Waals surface area contributed by atoms with E-state index in [1.165, 1.54) is 0 Å². The minimum atomic E-state index is 0.418. The van der Waals surface area contributed by atoms with Gasteiger partial charge >= 0.3 is 0 Å². The van der Waals surface area contributed by atoms with E-state index in [2.05, 4.69) is 15.9 Å². The lowest BCUT2D eigenvalue weighted by atomic mass is 10.2. The monoisotopic (exact) mass is 311 g/mol. The van der Waals surface area contributed by atoms with Crippen LogP contribution in [0.25, 0.3) is 0 Å². The molecule has 88 valence electrons. The average Bonchev–Trinajstić information content (AvgIpc) is 2.32. The molecule has 0 saturated carbocycles. The first-order chi connectivity index (χ1) is 8.16. The summed E-state index contributed by atoms with van der Waals surface area (Å²) in [6, 6.07) is 13.0. The molecule has 0 aromatic heterocycles. The van der Waals surface area contributed by atoms with Gasteiger partial charge in [-0.15, -0.1) is 0 Å². The predicted octanol–water partition coefficient (Wildman–Crippen LogP) is 4.26. The molecular formula is C13H11BrClNO. The third-order valence-corrected chi connectivity index (χ3v) is 3.32. The Bertz CT molecular complexity index is 531. The second-order valence-corrected chi connectivity index (χ2v) is 4.83.